The number of nitrogens with one attached hydrogen (secondary N) is 1. The minimum absolute atomic E-state index is 0.0595. The second-order valence-electron chi connectivity index (χ2n) is 5.99. The second-order valence-corrected chi connectivity index (χ2v) is 7.24. The van der Waals surface area contributed by atoms with Crippen molar-refractivity contribution >= 4 is 34.2 Å². The highest BCUT2D eigenvalue weighted by Crippen LogP contribution is 2.15. The molecule has 2 aromatic carbocycles. The molecule has 2 aromatic rings. The van der Waals surface area contributed by atoms with Crippen LogP contribution in [-0.2, 0) is 6.54 Å². The van der Waals surface area contributed by atoms with E-state index in [0.717, 1.165) is 15.8 Å². The Bertz CT molecular complexity index is 646. The van der Waals surface area contributed by atoms with Crippen LogP contribution in [0.4, 0.5) is 5.69 Å². The van der Waals surface area contributed by atoms with Crippen LogP contribution < -0.4 is 5.32 Å². The zero-order valence-electron chi connectivity index (χ0n) is 13.1. The fraction of sp³-hybridized carbons (Fsp3) is 0.316. The first-order valence-corrected chi connectivity index (χ1v) is 9.17. The van der Waals surface area contributed by atoms with E-state index in [-0.39, 0.29) is 5.91 Å². The van der Waals surface area contributed by atoms with Crippen molar-refractivity contribution in [3.8, 4) is 0 Å². The summed E-state index contributed by atoms with van der Waals surface area (Å²) in [5.41, 5.74) is 2.80. The van der Waals surface area contributed by atoms with Crippen molar-refractivity contribution in [2.75, 3.05) is 18.4 Å². The van der Waals surface area contributed by atoms with Gasteiger partial charge < -0.3 is 5.32 Å². The average molecular weight is 420 g/mol. The summed E-state index contributed by atoms with van der Waals surface area (Å²) in [4.78, 5) is 14.8. The summed E-state index contributed by atoms with van der Waals surface area (Å²) < 4.78 is 1.16. The van der Waals surface area contributed by atoms with E-state index in [1.54, 1.807) is 0 Å². The van der Waals surface area contributed by atoms with Crippen molar-refractivity contribution in [1.29, 1.82) is 0 Å². The van der Waals surface area contributed by atoms with Gasteiger partial charge in [0.15, 0.2) is 0 Å². The first kappa shape index (κ1) is 16.5. The highest BCUT2D eigenvalue weighted by Gasteiger charge is 2.11. The molecule has 0 atom stereocenters. The van der Waals surface area contributed by atoms with Crippen LogP contribution in [0.5, 0.6) is 0 Å². The smallest absolute Gasteiger partial charge is 0.255 e. The topological polar surface area (TPSA) is 32.3 Å². The largest absolute Gasteiger partial charge is 0.322 e. The molecule has 1 heterocycles. The number of benzene rings is 2. The Kier molecular flexibility index (Phi) is 5.67. The molecule has 3 nitrogen and oxygen atoms in total. The number of rotatable bonds is 4. The molecule has 1 N–H and O–H groups in total. The molecular weight excluding hydrogens is 399 g/mol. The number of amides is 1. The van der Waals surface area contributed by atoms with Crippen molar-refractivity contribution < 1.29 is 4.79 Å². The van der Waals surface area contributed by atoms with Gasteiger partial charge in [-0.25, -0.2) is 0 Å². The Labute approximate surface area is 151 Å². The lowest BCUT2D eigenvalue weighted by atomic mass is 10.1. The van der Waals surface area contributed by atoms with E-state index in [1.807, 2.05) is 36.4 Å². The Morgan fingerprint density at radius 2 is 1.61 bits per heavy atom. The molecule has 1 aliphatic rings. The monoisotopic (exact) mass is 420 g/mol. The lowest BCUT2D eigenvalue weighted by Gasteiger charge is -2.26. The van der Waals surface area contributed by atoms with Gasteiger partial charge in [-0.2, -0.15) is 0 Å². The molecule has 23 heavy (non-hydrogen) atoms. The van der Waals surface area contributed by atoms with E-state index in [0.29, 0.717) is 5.56 Å². The maximum atomic E-state index is 12.3. The van der Waals surface area contributed by atoms with Crippen molar-refractivity contribution in [3.05, 3.63) is 63.2 Å². The van der Waals surface area contributed by atoms with Gasteiger partial charge in [0, 0.05) is 21.4 Å². The highest BCUT2D eigenvalue weighted by atomic mass is 127. The Morgan fingerprint density at radius 3 is 2.26 bits per heavy atom. The predicted octanol–water partition coefficient (Wildman–Crippen LogP) is 4.53. The molecule has 1 aliphatic heterocycles. The summed E-state index contributed by atoms with van der Waals surface area (Å²) in [6.45, 7) is 3.36. The minimum atomic E-state index is -0.0595. The summed E-state index contributed by atoms with van der Waals surface area (Å²) in [6.07, 6.45) is 3.96. The van der Waals surface area contributed by atoms with Crippen molar-refractivity contribution in [2.24, 2.45) is 0 Å². The van der Waals surface area contributed by atoms with Crippen LogP contribution >= 0.6 is 22.6 Å². The van der Waals surface area contributed by atoms with E-state index < -0.39 is 0 Å². The van der Waals surface area contributed by atoms with Crippen LogP contribution in [0.15, 0.2) is 48.5 Å². The molecule has 0 radical (unpaired) electrons. The summed E-state index contributed by atoms with van der Waals surface area (Å²) in [6, 6.07) is 15.8. The van der Waals surface area contributed by atoms with Crippen LogP contribution in [0.2, 0.25) is 0 Å². The summed E-state index contributed by atoms with van der Waals surface area (Å²) in [7, 11) is 0. The maximum absolute atomic E-state index is 12.3. The van der Waals surface area contributed by atoms with Crippen LogP contribution in [0.25, 0.3) is 0 Å². The lowest BCUT2D eigenvalue weighted by Crippen LogP contribution is -2.29. The van der Waals surface area contributed by atoms with Crippen LogP contribution in [-0.4, -0.2) is 23.9 Å². The van der Waals surface area contributed by atoms with Gasteiger partial charge in [-0.3, -0.25) is 9.69 Å². The molecule has 0 aliphatic carbocycles. The van der Waals surface area contributed by atoms with E-state index >= 15 is 0 Å². The molecular formula is C19H21IN2O. The minimum Gasteiger partial charge on any atom is -0.322 e. The van der Waals surface area contributed by atoms with Crippen LogP contribution in [0.1, 0.15) is 35.2 Å². The Morgan fingerprint density at radius 1 is 0.957 bits per heavy atom. The number of hydrogen-bond acceptors (Lipinski definition) is 2. The van der Waals surface area contributed by atoms with Crippen LogP contribution in [0.3, 0.4) is 0 Å². The zero-order valence-corrected chi connectivity index (χ0v) is 15.3. The molecule has 0 aromatic heterocycles. The number of carbonyl (C=O) groups is 1. The summed E-state index contributed by atoms with van der Waals surface area (Å²) >= 11 is 2.25. The van der Waals surface area contributed by atoms with Gasteiger partial charge in [0.25, 0.3) is 5.91 Å². The Hall–Kier alpha value is -1.40. The van der Waals surface area contributed by atoms with Gasteiger partial charge in [0.1, 0.15) is 0 Å². The standard InChI is InChI=1S/C19H21IN2O/c20-17-8-10-18(11-9-17)21-19(23)16-6-4-15(5-7-16)14-22-12-2-1-3-13-22/h4-11H,1-3,12-14H2,(H,21,23). The average Bonchev–Trinajstić information content (AvgIpc) is 2.58. The van der Waals surface area contributed by atoms with Gasteiger partial charge in [-0.15, -0.1) is 0 Å². The fourth-order valence-electron chi connectivity index (χ4n) is 2.87. The molecule has 0 spiro atoms. The predicted molar refractivity (Wildman–Crippen MR) is 103 cm³/mol. The van der Waals surface area contributed by atoms with E-state index in [2.05, 4.69) is 44.9 Å². The van der Waals surface area contributed by atoms with Crippen molar-refractivity contribution in [3.63, 3.8) is 0 Å². The maximum Gasteiger partial charge on any atom is 0.255 e. The Balaban J connectivity index is 1.59. The first-order valence-electron chi connectivity index (χ1n) is 8.09. The van der Waals surface area contributed by atoms with Gasteiger partial charge >= 0.3 is 0 Å². The number of halogens is 1. The highest BCUT2D eigenvalue weighted by molar-refractivity contribution is 14.1. The summed E-state index contributed by atoms with van der Waals surface area (Å²) in [5, 5.41) is 2.93. The molecule has 4 heteroatoms. The number of piperidine rings is 1. The van der Waals surface area contributed by atoms with Crippen molar-refractivity contribution in [2.45, 2.75) is 25.8 Å². The van der Waals surface area contributed by atoms with Gasteiger partial charge in [0.05, 0.1) is 0 Å². The normalized spacial score (nSPS) is 15.3. The lowest BCUT2D eigenvalue weighted by molar-refractivity contribution is 0.102. The van der Waals surface area contributed by atoms with Crippen molar-refractivity contribution in [1.82, 2.24) is 4.90 Å². The molecule has 0 bridgehead atoms. The number of nitrogens with zero attached hydrogens (tertiary/aromatic N) is 1. The van der Waals surface area contributed by atoms with E-state index in [4.69, 9.17) is 0 Å². The molecule has 0 saturated carbocycles. The van der Waals surface area contributed by atoms with Gasteiger partial charge in [-0.1, -0.05) is 18.6 Å². The van der Waals surface area contributed by atoms with Crippen LogP contribution in [0, 0.1) is 3.57 Å². The third-order valence-corrected chi connectivity index (χ3v) is 4.89. The number of hydrogen-bond donors (Lipinski definition) is 1. The third-order valence-electron chi connectivity index (χ3n) is 4.17. The SMILES string of the molecule is O=C(Nc1ccc(I)cc1)c1ccc(CN2CCCCC2)cc1. The number of anilines is 1. The first-order chi connectivity index (χ1) is 11.2. The van der Waals surface area contributed by atoms with E-state index in [9.17, 15) is 4.79 Å². The molecule has 3 rings (SSSR count). The summed E-state index contributed by atoms with van der Waals surface area (Å²) in [5.74, 6) is -0.0595. The zero-order chi connectivity index (χ0) is 16.1. The van der Waals surface area contributed by atoms with Gasteiger partial charge in [-0.05, 0) is 90.5 Å². The molecule has 1 saturated heterocycles. The molecule has 120 valence electrons. The fourth-order valence-corrected chi connectivity index (χ4v) is 3.23. The molecule has 0 unspecified atom stereocenters. The van der Waals surface area contributed by atoms with E-state index in [1.165, 1.54) is 37.9 Å². The third kappa shape index (κ3) is 4.78. The number of carbonyl (C=O) groups excluding carboxylic acids is 1. The molecule has 1 amide bonds. The second kappa shape index (κ2) is 7.93. The molecule has 1 fully saturated rings. The quantitative estimate of drug-likeness (QED) is 0.738. The number of likely N-dealkylation sites (tertiary alicyclic amines) is 1. The van der Waals surface area contributed by atoms with Gasteiger partial charge in [0.2, 0.25) is 0 Å².